The lowest BCUT2D eigenvalue weighted by molar-refractivity contribution is -0.121. The zero-order valence-electron chi connectivity index (χ0n) is 19.4. The maximum absolute atomic E-state index is 11.6. The molecule has 2 aliphatic rings. The molecular weight excluding hydrogens is 501 g/mol. The lowest BCUT2D eigenvalue weighted by Crippen LogP contribution is -2.45. The van der Waals surface area contributed by atoms with Crippen molar-refractivity contribution in [3.8, 4) is 0 Å². The van der Waals surface area contributed by atoms with E-state index in [0.717, 1.165) is 45.0 Å². The third kappa shape index (κ3) is 7.93. The highest BCUT2D eigenvalue weighted by atomic mass is 127. The quantitative estimate of drug-likeness (QED) is 0.329. The van der Waals surface area contributed by atoms with Crippen molar-refractivity contribution in [3.05, 3.63) is 35.4 Å². The molecule has 2 N–H and O–H groups in total. The summed E-state index contributed by atoms with van der Waals surface area (Å²) in [6.45, 7) is 7.32. The summed E-state index contributed by atoms with van der Waals surface area (Å²) in [4.78, 5) is 21.0. The SMILES string of the molecule is CN=C(NCc1ccc(CN2CCCCC2C)cc1)N1CCC(CC(=O)NC)CC1.I. The largest absolute Gasteiger partial charge is 0.359 e. The second-order valence-corrected chi connectivity index (χ2v) is 8.84. The molecular formula is C24H40IN5O. The molecule has 0 aromatic heterocycles. The molecule has 1 unspecified atom stereocenters. The summed E-state index contributed by atoms with van der Waals surface area (Å²) < 4.78 is 0. The fraction of sp³-hybridized carbons (Fsp3) is 0.667. The number of amides is 1. The van der Waals surface area contributed by atoms with Gasteiger partial charge >= 0.3 is 0 Å². The molecule has 1 aromatic carbocycles. The van der Waals surface area contributed by atoms with Crippen molar-refractivity contribution in [1.82, 2.24) is 20.4 Å². The highest BCUT2D eigenvalue weighted by Crippen LogP contribution is 2.21. The zero-order chi connectivity index (χ0) is 21.3. The molecule has 0 bridgehead atoms. The van der Waals surface area contributed by atoms with E-state index in [1.165, 1.54) is 36.9 Å². The van der Waals surface area contributed by atoms with Crippen LogP contribution in [-0.4, -0.2) is 61.4 Å². The fourth-order valence-corrected chi connectivity index (χ4v) is 4.62. The lowest BCUT2D eigenvalue weighted by Gasteiger charge is -2.34. The predicted molar refractivity (Wildman–Crippen MR) is 139 cm³/mol. The second-order valence-electron chi connectivity index (χ2n) is 8.84. The Hall–Kier alpha value is -1.35. The molecule has 6 nitrogen and oxygen atoms in total. The van der Waals surface area contributed by atoms with Crippen LogP contribution >= 0.6 is 24.0 Å². The zero-order valence-corrected chi connectivity index (χ0v) is 21.7. The summed E-state index contributed by atoms with van der Waals surface area (Å²) in [6.07, 6.45) is 6.74. The molecule has 31 heavy (non-hydrogen) atoms. The standard InChI is InChI=1S/C24H39N5O.HI/c1-19-6-4-5-13-29(19)18-22-9-7-21(8-10-22)17-27-24(26-3)28-14-11-20(12-15-28)16-23(30)25-2;/h7-10,19-20H,4-6,11-18H2,1-3H3,(H,25,30)(H,26,27);1H. The van der Waals surface area contributed by atoms with Crippen molar-refractivity contribution in [2.45, 2.75) is 64.6 Å². The average molecular weight is 542 g/mol. The number of hydrogen-bond donors (Lipinski definition) is 2. The molecule has 1 amide bonds. The average Bonchev–Trinajstić information content (AvgIpc) is 2.78. The van der Waals surface area contributed by atoms with Gasteiger partial charge in [0.25, 0.3) is 0 Å². The van der Waals surface area contributed by atoms with E-state index in [0.29, 0.717) is 18.4 Å². The van der Waals surface area contributed by atoms with E-state index in [1.807, 2.05) is 7.05 Å². The van der Waals surface area contributed by atoms with Crippen LogP contribution in [0.4, 0.5) is 0 Å². The van der Waals surface area contributed by atoms with Crippen molar-refractivity contribution < 1.29 is 4.79 Å². The van der Waals surface area contributed by atoms with E-state index in [9.17, 15) is 4.79 Å². The van der Waals surface area contributed by atoms with Crippen molar-refractivity contribution in [1.29, 1.82) is 0 Å². The third-order valence-electron chi connectivity index (χ3n) is 6.68. The van der Waals surface area contributed by atoms with E-state index < -0.39 is 0 Å². The first-order valence-corrected chi connectivity index (χ1v) is 11.6. The second kappa shape index (κ2) is 13.3. The molecule has 0 spiro atoms. The smallest absolute Gasteiger partial charge is 0.220 e. The molecule has 2 saturated heterocycles. The van der Waals surface area contributed by atoms with Crippen LogP contribution in [0, 0.1) is 5.92 Å². The Labute approximate surface area is 205 Å². The molecule has 0 saturated carbocycles. The number of aliphatic imine (C=N–C) groups is 1. The number of rotatable bonds is 6. The summed E-state index contributed by atoms with van der Waals surface area (Å²) in [5.74, 6) is 1.59. The predicted octanol–water partition coefficient (Wildman–Crippen LogP) is 3.60. The van der Waals surface area contributed by atoms with E-state index >= 15 is 0 Å². The Morgan fingerprint density at radius 3 is 2.35 bits per heavy atom. The Bertz CT molecular complexity index is 700. The third-order valence-corrected chi connectivity index (χ3v) is 6.68. The van der Waals surface area contributed by atoms with Gasteiger partial charge in [-0.25, -0.2) is 0 Å². The van der Waals surface area contributed by atoms with Gasteiger partial charge in [0, 0.05) is 52.7 Å². The van der Waals surface area contributed by atoms with E-state index in [4.69, 9.17) is 0 Å². The topological polar surface area (TPSA) is 60.0 Å². The van der Waals surface area contributed by atoms with Gasteiger partial charge in [-0.1, -0.05) is 30.7 Å². The maximum atomic E-state index is 11.6. The molecule has 0 radical (unpaired) electrons. The number of likely N-dealkylation sites (tertiary alicyclic amines) is 2. The summed E-state index contributed by atoms with van der Waals surface area (Å²) in [7, 11) is 3.56. The Balaban J connectivity index is 0.00000341. The van der Waals surface area contributed by atoms with Crippen LogP contribution in [0.25, 0.3) is 0 Å². The van der Waals surface area contributed by atoms with Crippen LogP contribution < -0.4 is 10.6 Å². The van der Waals surface area contributed by atoms with Crippen molar-refractivity contribution in [2.75, 3.05) is 33.7 Å². The number of nitrogens with one attached hydrogen (secondary N) is 2. The van der Waals surface area contributed by atoms with Gasteiger partial charge < -0.3 is 15.5 Å². The number of guanidine groups is 1. The van der Waals surface area contributed by atoms with Crippen LogP contribution in [0.15, 0.2) is 29.3 Å². The van der Waals surface area contributed by atoms with E-state index in [2.05, 4.69) is 56.6 Å². The van der Waals surface area contributed by atoms with Gasteiger partial charge in [0.1, 0.15) is 0 Å². The minimum Gasteiger partial charge on any atom is -0.359 e. The number of piperidine rings is 2. The molecule has 1 aromatic rings. The number of hydrogen-bond acceptors (Lipinski definition) is 3. The van der Waals surface area contributed by atoms with Gasteiger partial charge in [0.15, 0.2) is 5.96 Å². The minimum atomic E-state index is 0. The normalized spacial score (nSPS) is 20.8. The lowest BCUT2D eigenvalue weighted by atomic mass is 9.93. The number of carbonyl (C=O) groups is 1. The summed E-state index contributed by atoms with van der Waals surface area (Å²) >= 11 is 0. The van der Waals surface area contributed by atoms with Gasteiger partial charge in [-0.15, -0.1) is 24.0 Å². The van der Waals surface area contributed by atoms with Crippen molar-refractivity contribution in [3.63, 3.8) is 0 Å². The molecule has 2 aliphatic heterocycles. The van der Waals surface area contributed by atoms with E-state index in [-0.39, 0.29) is 29.9 Å². The molecule has 1 atom stereocenters. The number of benzene rings is 1. The maximum Gasteiger partial charge on any atom is 0.220 e. The van der Waals surface area contributed by atoms with E-state index in [1.54, 1.807) is 7.05 Å². The first kappa shape index (κ1) is 25.9. The first-order chi connectivity index (χ1) is 14.6. The molecule has 7 heteroatoms. The Morgan fingerprint density at radius 1 is 1.06 bits per heavy atom. The molecule has 2 heterocycles. The van der Waals surface area contributed by atoms with Gasteiger partial charge in [-0.2, -0.15) is 0 Å². The highest BCUT2D eigenvalue weighted by Gasteiger charge is 2.23. The van der Waals surface area contributed by atoms with Gasteiger partial charge in [0.2, 0.25) is 5.91 Å². The Morgan fingerprint density at radius 2 is 1.74 bits per heavy atom. The monoisotopic (exact) mass is 541 g/mol. The number of carbonyl (C=O) groups excluding carboxylic acids is 1. The summed E-state index contributed by atoms with van der Waals surface area (Å²) in [6, 6.07) is 9.71. The molecule has 3 rings (SSSR count). The Kier molecular flexibility index (Phi) is 11.1. The highest BCUT2D eigenvalue weighted by molar-refractivity contribution is 14.0. The van der Waals surface area contributed by atoms with Crippen LogP contribution in [0.2, 0.25) is 0 Å². The van der Waals surface area contributed by atoms with Crippen LogP contribution in [0.1, 0.15) is 56.6 Å². The first-order valence-electron chi connectivity index (χ1n) is 11.6. The van der Waals surface area contributed by atoms with Crippen molar-refractivity contribution >= 4 is 35.8 Å². The van der Waals surface area contributed by atoms with Crippen LogP contribution in [0.5, 0.6) is 0 Å². The fourth-order valence-electron chi connectivity index (χ4n) is 4.62. The number of nitrogens with zero attached hydrogens (tertiary/aromatic N) is 3. The van der Waals surface area contributed by atoms with Crippen molar-refractivity contribution in [2.24, 2.45) is 10.9 Å². The van der Waals surface area contributed by atoms with Gasteiger partial charge in [-0.3, -0.25) is 14.7 Å². The van der Waals surface area contributed by atoms with Crippen LogP contribution in [0.3, 0.4) is 0 Å². The van der Waals surface area contributed by atoms with Crippen LogP contribution in [-0.2, 0) is 17.9 Å². The molecule has 174 valence electrons. The molecule has 0 aliphatic carbocycles. The minimum absolute atomic E-state index is 0. The number of halogens is 1. The summed E-state index contributed by atoms with van der Waals surface area (Å²) in [5, 5.41) is 6.25. The van der Waals surface area contributed by atoms with Gasteiger partial charge in [0.05, 0.1) is 0 Å². The van der Waals surface area contributed by atoms with Gasteiger partial charge in [-0.05, 0) is 56.2 Å². The summed E-state index contributed by atoms with van der Waals surface area (Å²) in [5.41, 5.74) is 2.68. The molecule has 2 fully saturated rings.